The van der Waals surface area contributed by atoms with Crippen molar-refractivity contribution < 1.29 is 9.53 Å². The number of morpholine rings is 1. The third kappa shape index (κ3) is 2.81. The van der Waals surface area contributed by atoms with Gasteiger partial charge >= 0.3 is 0 Å². The van der Waals surface area contributed by atoms with Crippen molar-refractivity contribution >= 4 is 28.8 Å². The summed E-state index contributed by atoms with van der Waals surface area (Å²) in [6.45, 7) is 5.90. The van der Waals surface area contributed by atoms with Crippen molar-refractivity contribution in [2.45, 2.75) is 20.0 Å². The van der Waals surface area contributed by atoms with Gasteiger partial charge in [-0.3, -0.25) is 4.79 Å². The lowest BCUT2D eigenvalue weighted by Gasteiger charge is -2.31. The van der Waals surface area contributed by atoms with Crippen molar-refractivity contribution in [1.82, 2.24) is 4.90 Å². The minimum Gasteiger partial charge on any atom is -0.373 e. The van der Waals surface area contributed by atoms with Gasteiger partial charge in [0.25, 0.3) is 5.91 Å². The first-order chi connectivity index (χ1) is 8.11. The molecule has 5 heteroatoms. The lowest BCUT2D eigenvalue weighted by Crippen LogP contribution is -2.46. The summed E-state index contributed by atoms with van der Waals surface area (Å²) in [6, 6.07) is 1.97. The van der Waals surface area contributed by atoms with E-state index in [2.05, 4.69) is 0 Å². The van der Waals surface area contributed by atoms with E-state index in [4.69, 9.17) is 16.3 Å². The maximum absolute atomic E-state index is 12.3. The fourth-order valence-electron chi connectivity index (χ4n) is 1.83. The summed E-state index contributed by atoms with van der Waals surface area (Å²) in [5, 5.41) is 0. The van der Waals surface area contributed by atoms with Gasteiger partial charge < -0.3 is 9.64 Å². The molecule has 0 bridgehead atoms. The van der Waals surface area contributed by atoms with E-state index in [-0.39, 0.29) is 12.0 Å². The molecule has 3 nitrogen and oxygen atoms in total. The topological polar surface area (TPSA) is 29.5 Å². The fourth-order valence-corrected chi connectivity index (χ4v) is 3.02. The maximum Gasteiger partial charge on any atom is 0.264 e. The number of hydrogen-bond donors (Lipinski definition) is 0. The summed E-state index contributed by atoms with van der Waals surface area (Å²) in [6.07, 6.45) is -0.0310. The van der Waals surface area contributed by atoms with Crippen LogP contribution in [0.5, 0.6) is 0 Å². The van der Waals surface area contributed by atoms with E-state index in [1.807, 2.05) is 24.8 Å². The van der Waals surface area contributed by atoms with Crippen LogP contribution in [0.25, 0.3) is 0 Å². The third-order valence-corrected chi connectivity index (χ3v) is 4.46. The second kappa shape index (κ2) is 5.38. The van der Waals surface area contributed by atoms with Crippen LogP contribution < -0.4 is 0 Å². The van der Waals surface area contributed by atoms with Crippen molar-refractivity contribution in [3.05, 3.63) is 21.4 Å². The Morgan fingerprint density at radius 3 is 3.00 bits per heavy atom. The molecule has 1 aromatic heterocycles. The fraction of sp³-hybridized carbons (Fsp3) is 0.583. The summed E-state index contributed by atoms with van der Waals surface area (Å²) < 4.78 is 5.45. The summed E-state index contributed by atoms with van der Waals surface area (Å²) in [7, 11) is 0. The van der Waals surface area contributed by atoms with Crippen LogP contribution in [-0.2, 0) is 4.74 Å². The molecule has 0 spiro atoms. The molecular weight excluding hydrogens is 258 g/mol. The van der Waals surface area contributed by atoms with Crippen LogP contribution in [0.2, 0.25) is 0 Å². The van der Waals surface area contributed by atoms with E-state index in [0.717, 1.165) is 4.88 Å². The first-order valence-electron chi connectivity index (χ1n) is 5.65. The van der Waals surface area contributed by atoms with Gasteiger partial charge in [-0.25, -0.2) is 0 Å². The number of nitrogens with zero attached hydrogens (tertiary/aromatic N) is 1. The molecular formula is C12H16ClNO2S. The number of thiophene rings is 1. The highest BCUT2D eigenvalue weighted by molar-refractivity contribution is 7.14. The highest BCUT2D eigenvalue weighted by atomic mass is 35.5. The maximum atomic E-state index is 12.3. The SMILES string of the molecule is Cc1cc(C(=O)N2CCOC(CCl)C2)sc1C. The summed E-state index contributed by atoms with van der Waals surface area (Å²) >= 11 is 7.33. The normalized spacial score (nSPS) is 20.6. The number of rotatable bonds is 2. The molecule has 17 heavy (non-hydrogen) atoms. The second-order valence-corrected chi connectivity index (χ2v) is 5.81. The van der Waals surface area contributed by atoms with Crippen molar-refractivity contribution in [3.63, 3.8) is 0 Å². The number of alkyl halides is 1. The Kier molecular flexibility index (Phi) is 4.07. The monoisotopic (exact) mass is 273 g/mol. The smallest absolute Gasteiger partial charge is 0.264 e. The quantitative estimate of drug-likeness (QED) is 0.775. The molecule has 2 rings (SSSR count). The standard InChI is InChI=1S/C12H16ClNO2S/c1-8-5-11(17-9(8)2)12(15)14-3-4-16-10(6-13)7-14/h5,10H,3-4,6-7H2,1-2H3. The van der Waals surface area contributed by atoms with E-state index in [1.54, 1.807) is 11.3 Å². The van der Waals surface area contributed by atoms with E-state index >= 15 is 0 Å². The Bertz CT molecular complexity index is 399. The number of ether oxygens (including phenoxy) is 1. The molecule has 1 fully saturated rings. The highest BCUT2D eigenvalue weighted by Gasteiger charge is 2.25. The molecule has 0 aliphatic carbocycles. The van der Waals surface area contributed by atoms with Gasteiger partial charge in [-0.1, -0.05) is 0 Å². The average molecular weight is 274 g/mol. The predicted molar refractivity (Wildman–Crippen MR) is 70.2 cm³/mol. The number of carbonyl (C=O) groups excluding carboxylic acids is 1. The van der Waals surface area contributed by atoms with Crippen molar-refractivity contribution in [3.8, 4) is 0 Å². The molecule has 1 atom stereocenters. The van der Waals surface area contributed by atoms with Crippen LogP contribution in [0, 0.1) is 13.8 Å². The minimum atomic E-state index is -0.0310. The van der Waals surface area contributed by atoms with Crippen LogP contribution in [0.1, 0.15) is 20.1 Å². The molecule has 1 saturated heterocycles. The minimum absolute atomic E-state index is 0.0310. The lowest BCUT2D eigenvalue weighted by molar-refractivity contribution is -0.0106. The molecule has 1 aliphatic rings. The number of aryl methyl sites for hydroxylation is 2. The van der Waals surface area contributed by atoms with Crippen LogP contribution in [-0.4, -0.2) is 42.5 Å². The van der Waals surface area contributed by atoms with Crippen LogP contribution in [0.3, 0.4) is 0 Å². The number of hydrogen-bond acceptors (Lipinski definition) is 3. The third-order valence-electron chi connectivity index (χ3n) is 2.97. The van der Waals surface area contributed by atoms with Gasteiger partial charge in [0, 0.05) is 18.0 Å². The number of carbonyl (C=O) groups is 1. The Hall–Kier alpha value is -0.580. The van der Waals surface area contributed by atoms with E-state index < -0.39 is 0 Å². The second-order valence-electron chi connectivity index (χ2n) is 4.25. The van der Waals surface area contributed by atoms with Crippen molar-refractivity contribution in [2.24, 2.45) is 0 Å². The lowest BCUT2D eigenvalue weighted by atomic mass is 10.2. The van der Waals surface area contributed by atoms with Gasteiger partial charge in [0.15, 0.2) is 0 Å². The van der Waals surface area contributed by atoms with Crippen LogP contribution >= 0.6 is 22.9 Å². The molecule has 0 N–H and O–H groups in total. The van der Waals surface area contributed by atoms with Gasteiger partial charge in [-0.2, -0.15) is 0 Å². The van der Waals surface area contributed by atoms with E-state index in [9.17, 15) is 4.79 Å². The van der Waals surface area contributed by atoms with Gasteiger partial charge in [0.05, 0.1) is 23.5 Å². The van der Waals surface area contributed by atoms with Crippen LogP contribution in [0.4, 0.5) is 0 Å². The number of amides is 1. The first kappa shape index (κ1) is 12.9. The van der Waals surface area contributed by atoms with Crippen LogP contribution in [0.15, 0.2) is 6.07 Å². The summed E-state index contributed by atoms with van der Waals surface area (Å²) in [4.78, 5) is 16.1. The molecule has 1 aromatic rings. The molecule has 1 amide bonds. The van der Waals surface area contributed by atoms with Gasteiger partial charge in [0.2, 0.25) is 0 Å². The number of halogens is 1. The first-order valence-corrected chi connectivity index (χ1v) is 7.00. The predicted octanol–water partition coefficient (Wildman–Crippen LogP) is 2.44. The molecule has 0 radical (unpaired) electrons. The molecule has 94 valence electrons. The molecule has 1 aliphatic heterocycles. The molecule has 0 saturated carbocycles. The van der Waals surface area contributed by atoms with Crippen molar-refractivity contribution in [2.75, 3.05) is 25.6 Å². The van der Waals surface area contributed by atoms with E-state index in [0.29, 0.717) is 25.6 Å². The molecule has 1 unspecified atom stereocenters. The van der Waals surface area contributed by atoms with Gasteiger partial charge in [-0.05, 0) is 25.5 Å². The van der Waals surface area contributed by atoms with Gasteiger partial charge in [-0.15, -0.1) is 22.9 Å². The van der Waals surface area contributed by atoms with Gasteiger partial charge in [0.1, 0.15) is 0 Å². The zero-order valence-electron chi connectivity index (χ0n) is 10.0. The molecule has 2 heterocycles. The zero-order chi connectivity index (χ0) is 12.4. The Balaban J connectivity index is 2.09. The zero-order valence-corrected chi connectivity index (χ0v) is 11.6. The molecule has 0 aromatic carbocycles. The largest absolute Gasteiger partial charge is 0.373 e. The summed E-state index contributed by atoms with van der Waals surface area (Å²) in [5.74, 6) is 0.538. The Morgan fingerprint density at radius 2 is 2.41 bits per heavy atom. The highest BCUT2D eigenvalue weighted by Crippen LogP contribution is 2.23. The Morgan fingerprint density at radius 1 is 1.65 bits per heavy atom. The average Bonchev–Trinajstić information content (AvgIpc) is 2.69. The van der Waals surface area contributed by atoms with E-state index in [1.165, 1.54) is 10.4 Å². The Labute approximate surface area is 110 Å². The summed E-state index contributed by atoms with van der Waals surface area (Å²) in [5.41, 5.74) is 1.18. The van der Waals surface area contributed by atoms with Crippen molar-refractivity contribution in [1.29, 1.82) is 0 Å².